The molecule has 23 heavy (non-hydrogen) atoms. The largest absolute Gasteiger partial charge is 0.465 e. The topological polar surface area (TPSA) is 85.4 Å². The van der Waals surface area contributed by atoms with E-state index in [1.165, 1.54) is 7.11 Å². The van der Waals surface area contributed by atoms with E-state index in [9.17, 15) is 4.79 Å². The van der Waals surface area contributed by atoms with E-state index in [1.807, 2.05) is 0 Å². The molecule has 0 aliphatic carbocycles. The normalized spacial score (nSPS) is 10.2. The number of nitrogens with zero attached hydrogens (tertiary/aromatic N) is 2. The predicted octanol–water partition coefficient (Wildman–Crippen LogP) is 2.72. The van der Waals surface area contributed by atoms with E-state index in [0.29, 0.717) is 41.2 Å². The highest BCUT2D eigenvalue weighted by molar-refractivity contribution is 6.33. The molecule has 0 saturated heterocycles. The molecule has 8 heteroatoms. The van der Waals surface area contributed by atoms with Crippen LogP contribution in [0.1, 0.15) is 10.4 Å². The van der Waals surface area contributed by atoms with E-state index in [1.54, 1.807) is 37.6 Å². The molecule has 1 aromatic heterocycles. The maximum absolute atomic E-state index is 11.6. The zero-order valence-electron chi connectivity index (χ0n) is 12.8. The van der Waals surface area contributed by atoms with Crippen LogP contribution in [0.4, 0.5) is 17.5 Å². The van der Waals surface area contributed by atoms with Crippen LogP contribution in [0.15, 0.2) is 30.5 Å². The Labute approximate surface area is 139 Å². The first kappa shape index (κ1) is 17.0. The van der Waals surface area contributed by atoms with Gasteiger partial charge in [-0.15, -0.1) is 0 Å². The van der Waals surface area contributed by atoms with Gasteiger partial charge < -0.3 is 20.1 Å². The zero-order chi connectivity index (χ0) is 16.7. The molecule has 1 heterocycles. The molecule has 0 aliphatic rings. The Kier molecular flexibility index (Phi) is 6.13. The van der Waals surface area contributed by atoms with Crippen molar-refractivity contribution in [2.24, 2.45) is 0 Å². The molecule has 0 radical (unpaired) electrons. The van der Waals surface area contributed by atoms with Gasteiger partial charge >= 0.3 is 5.97 Å². The smallest absolute Gasteiger partial charge is 0.337 e. The van der Waals surface area contributed by atoms with E-state index < -0.39 is 5.97 Å². The van der Waals surface area contributed by atoms with Crippen molar-refractivity contribution in [2.75, 3.05) is 38.0 Å². The molecular weight excluding hydrogens is 320 g/mol. The summed E-state index contributed by atoms with van der Waals surface area (Å²) in [6.45, 7) is 1.20. The first-order chi connectivity index (χ1) is 11.1. The molecule has 0 amide bonds. The summed E-state index contributed by atoms with van der Waals surface area (Å²) >= 11 is 6.13. The Morgan fingerprint density at radius 3 is 2.87 bits per heavy atom. The third-order valence-corrected chi connectivity index (χ3v) is 3.23. The SMILES string of the molecule is COCCNc1ccnc(Nc2cc(C(=O)OC)ccc2Cl)n1. The van der Waals surface area contributed by atoms with Crippen molar-refractivity contribution in [3.63, 3.8) is 0 Å². The Hall–Kier alpha value is -2.38. The van der Waals surface area contributed by atoms with Gasteiger partial charge in [-0.05, 0) is 24.3 Å². The van der Waals surface area contributed by atoms with E-state index >= 15 is 0 Å². The number of anilines is 3. The number of rotatable bonds is 7. The number of nitrogens with one attached hydrogen (secondary N) is 2. The van der Waals surface area contributed by atoms with Crippen LogP contribution < -0.4 is 10.6 Å². The average molecular weight is 337 g/mol. The van der Waals surface area contributed by atoms with Gasteiger partial charge in [-0.3, -0.25) is 0 Å². The lowest BCUT2D eigenvalue weighted by Crippen LogP contribution is -2.10. The highest BCUT2D eigenvalue weighted by atomic mass is 35.5. The minimum absolute atomic E-state index is 0.358. The highest BCUT2D eigenvalue weighted by Gasteiger charge is 2.10. The van der Waals surface area contributed by atoms with Crippen molar-refractivity contribution < 1.29 is 14.3 Å². The van der Waals surface area contributed by atoms with E-state index in [4.69, 9.17) is 21.1 Å². The number of hydrogen-bond acceptors (Lipinski definition) is 7. The Bertz CT molecular complexity index is 682. The number of esters is 1. The van der Waals surface area contributed by atoms with Crippen LogP contribution in [0.2, 0.25) is 5.02 Å². The van der Waals surface area contributed by atoms with Crippen molar-refractivity contribution in [1.29, 1.82) is 0 Å². The van der Waals surface area contributed by atoms with E-state index in [0.717, 1.165) is 0 Å². The summed E-state index contributed by atoms with van der Waals surface area (Å²) in [5.74, 6) is 0.566. The minimum Gasteiger partial charge on any atom is -0.465 e. The summed E-state index contributed by atoms with van der Waals surface area (Å²) in [6, 6.07) is 6.52. The third kappa shape index (κ3) is 4.80. The summed E-state index contributed by atoms with van der Waals surface area (Å²) in [4.78, 5) is 20.0. The Morgan fingerprint density at radius 1 is 1.30 bits per heavy atom. The van der Waals surface area contributed by atoms with E-state index in [-0.39, 0.29) is 0 Å². The number of benzene rings is 1. The van der Waals surface area contributed by atoms with Gasteiger partial charge in [-0.1, -0.05) is 11.6 Å². The highest BCUT2D eigenvalue weighted by Crippen LogP contribution is 2.26. The molecule has 0 aliphatic heterocycles. The van der Waals surface area contributed by atoms with Gasteiger partial charge in [0.25, 0.3) is 0 Å². The molecule has 0 saturated carbocycles. The van der Waals surface area contributed by atoms with Crippen LogP contribution in [0, 0.1) is 0 Å². The molecule has 2 aromatic rings. The van der Waals surface area contributed by atoms with Gasteiger partial charge in [-0.25, -0.2) is 9.78 Å². The quantitative estimate of drug-likeness (QED) is 0.594. The summed E-state index contributed by atoms with van der Waals surface area (Å²) < 4.78 is 9.66. The number of carbonyl (C=O) groups is 1. The van der Waals surface area contributed by atoms with Gasteiger partial charge in [0.15, 0.2) is 0 Å². The number of ether oxygens (including phenoxy) is 2. The lowest BCUT2D eigenvalue weighted by molar-refractivity contribution is 0.0601. The first-order valence-electron chi connectivity index (χ1n) is 6.85. The Morgan fingerprint density at radius 2 is 2.13 bits per heavy atom. The van der Waals surface area contributed by atoms with Gasteiger partial charge in [0.2, 0.25) is 5.95 Å². The van der Waals surface area contributed by atoms with Crippen molar-refractivity contribution in [1.82, 2.24) is 9.97 Å². The fourth-order valence-electron chi connectivity index (χ4n) is 1.78. The molecule has 1 aromatic carbocycles. The number of carbonyl (C=O) groups excluding carboxylic acids is 1. The van der Waals surface area contributed by atoms with Gasteiger partial charge in [0.05, 0.1) is 30.0 Å². The third-order valence-electron chi connectivity index (χ3n) is 2.90. The average Bonchev–Trinajstić information content (AvgIpc) is 2.57. The number of halogens is 1. The molecule has 122 valence electrons. The second-order valence-corrected chi connectivity index (χ2v) is 4.90. The fourth-order valence-corrected chi connectivity index (χ4v) is 1.95. The molecule has 0 atom stereocenters. The van der Waals surface area contributed by atoms with Crippen molar-refractivity contribution >= 4 is 35.0 Å². The van der Waals surface area contributed by atoms with Crippen LogP contribution >= 0.6 is 11.6 Å². The fraction of sp³-hybridized carbons (Fsp3) is 0.267. The molecule has 2 rings (SSSR count). The van der Waals surface area contributed by atoms with Crippen LogP contribution in [0.5, 0.6) is 0 Å². The number of aromatic nitrogens is 2. The number of methoxy groups -OCH3 is 2. The van der Waals surface area contributed by atoms with Crippen LogP contribution in [0.25, 0.3) is 0 Å². The second-order valence-electron chi connectivity index (χ2n) is 4.50. The molecule has 2 N–H and O–H groups in total. The summed E-state index contributed by atoms with van der Waals surface area (Å²) in [6.07, 6.45) is 1.61. The lowest BCUT2D eigenvalue weighted by Gasteiger charge is -2.10. The molecular formula is C15H17ClN4O3. The molecule has 0 spiro atoms. The standard InChI is InChI=1S/C15H17ClN4O3/c1-22-8-7-17-13-5-6-18-15(20-13)19-12-9-10(14(21)23-2)3-4-11(12)16/h3-6,9H,7-8H2,1-2H3,(H2,17,18,19,20). The minimum atomic E-state index is -0.444. The second kappa shape index (κ2) is 8.30. The zero-order valence-corrected chi connectivity index (χ0v) is 13.6. The van der Waals surface area contributed by atoms with Crippen LogP contribution in [-0.2, 0) is 9.47 Å². The molecule has 0 unspecified atom stereocenters. The molecule has 7 nitrogen and oxygen atoms in total. The van der Waals surface area contributed by atoms with Crippen LogP contribution in [0.3, 0.4) is 0 Å². The summed E-state index contributed by atoms with van der Waals surface area (Å²) in [5.41, 5.74) is 0.900. The maximum atomic E-state index is 11.6. The van der Waals surface area contributed by atoms with E-state index in [2.05, 4.69) is 20.6 Å². The summed E-state index contributed by atoms with van der Waals surface area (Å²) in [5, 5.41) is 6.53. The number of hydrogen-bond donors (Lipinski definition) is 2. The maximum Gasteiger partial charge on any atom is 0.337 e. The van der Waals surface area contributed by atoms with Crippen molar-refractivity contribution in [2.45, 2.75) is 0 Å². The predicted molar refractivity (Wildman–Crippen MR) is 88.5 cm³/mol. The molecule has 0 fully saturated rings. The Balaban J connectivity index is 2.15. The molecule has 0 bridgehead atoms. The van der Waals surface area contributed by atoms with Crippen molar-refractivity contribution in [3.8, 4) is 0 Å². The lowest BCUT2D eigenvalue weighted by atomic mass is 10.2. The van der Waals surface area contributed by atoms with Crippen molar-refractivity contribution in [3.05, 3.63) is 41.0 Å². The monoisotopic (exact) mass is 336 g/mol. The summed E-state index contributed by atoms with van der Waals surface area (Å²) in [7, 11) is 2.95. The first-order valence-corrected chi connectivity index (χ1v) is 7.22. The van der Waals surface area contributed by atoms with Crippen LogP contribution in [-0.4, -0.2) is 43.3 Å². The van der Waals surface area contributed by atoms with Gasteiger partial charge in [0.1, 0.15) is 5.82 Å². The van der Waals surface area contributed by atoms with Gasteiger partial charge in [0, 0.05) is 19.9 Å². The van der Waals surface area contributed by atoms with Gasteiger partial charge in [-0.2, -0.15) is 4.98 Å².